The summed E-state index contributed by atoms with van der Waals surface area (Å²) in [5, 5.41) is 0. The van der Waals surface area contributed by atoms with Gasteiger partial charge in [0.05, 0.1) is 32.5 Å². The third-order valence-electron chi connectivity index (χ3n) is 4.50. The lowest BCUT2D eigenvalue weighted by Crippen LogP contribution is -2.17. The molecule has 3 rings (SSSR count). The van der Waals surface area contributed by atoms with Crippen LogP contribution in [0.2, 0.25) is 0 Å². The van der Waals surface area contributed by atoms with Gasteiger partial charge in [-0.05, 0) is 29.8 Å². The first-order chi connectivity index (χ1) is 17.0. The van der Waals surface area contributed by atoms with Crippen molar-refractivity contribution >= 4 is 0 Å². The van der Waals surface area contributed by atoms with Crippen LogP contribution in [0.15, 0.2) is 42.5 Å². The lowest BCUT2D eigenvalue weighted by Gasteiger charge is -2.16. The van der Waals surface area contributed by atoms with Gasteiger partial charge in [-0.3, -0.25) is 4.94 Å². The number of methoxy groups -OCH3 is 3. The fourth-order valence-corrected chi connectivity index (χ4v) is 2.90. The van der Waals surface area contributed by atoms with E-state index < -0.39 is 47.6 Å². The van der Waals surface area contributed by atoms with Crippen molar-refractivity contribution in [2.45, 2.75) is 13.0 Å². The van der Waals surface area contributed by atoms with E-state index in [9.17, 15) is 35.3 Å². The number of hydrogen-bond donors (Lipinski definition) is 0. The number of halogens is 8. The molecule has 0 N–H and O–H groups in total. The van der Waals surface area contributed by atoms with E-state index in [1.807, 2.05) is 0 Å². The standard InChI is InChI=1S/C16H15F3O3.C7H3F5O2/c1-20-10-6-14(21-2)16(15(7-10)22-3)9-4-12(18)11(8-17)13(19)5-9;8-5-3-4(14-12)1-2-6(5)13-7(9,10)11/h4-7H,8H2,1-3H3;1-3H. The van der Waals surface area contributed by atoms with Gasteiger partial charge in [-0.2, -0.15) is 0 Å². The molecule has 5 nitrogen and oxygen atoms in total. The molecule has 0 unspecified atom stereocenters. The zero-order chi connectivity index (χ0) is 27.0. The topological polar surface area (TPSA) is 46.2 Å². The van der Waals surface area contributed by atoms with Crippen molar-refractivity contribution < 1.29 is 59.1 Å². The largest absolute Gasteiger partial charge is 0.573 e. The number of benzene rings is 3. The molecule has 0 radical (unpaired) electrons. The lowest BCUT2D eigenvalue weighted by molar-refractivity contribution is -0.275. The Hall–Kier alpha value is -3.90. The molecule has 0 spiro atoms. The first kappa shape index (κ1) is 28.3. The maximum atomic E-state index is 13.8. The molecule has 36 heavy (non-hydrogen) atoms. The summed E-state index contributed by atoms with van der Waals surface area (Å²) >= 11 is 0. The van der Waals surface area contributed by atoms with Gasteiger partial charge < -0.3 is 18.9 Å². The van der Waals surface area contributed by atoms with Crippen LogP contribution >= 0.6 is 0 Å². The SMILES string of the molecule is COc1cc(OC)c(-c2cc(F)c(CF)c(F)c2)c(OC)c1.FOc1ccc(OC(F)(F)F)c(F)c1. The van der Waals surface area contributed by atoms with Crippen molar-refractivity contribution in [2.24, 2.45) is 0 Å². The fourth-order valence-electron chi connectivity index (χ4n) is 2.90. The molecular weight excluding hydrogens is 508 g/mol. The summed E-state index contributed by atoms with van der Waals surface area (Å²) in [6.07, 6.45) is -4.99. The summed E-state index contributed by atoms with van der Waals surface area (Å²) in [6, 6.07) is 7.06. The highest BCUT2D eigenvalue weighted by Crippen LogP contribution is 2.42. The molecule has 13 heteroatoms. The van der Waals surface area contributed by atoms with Crippen molar-refractivity contribution in [3.63, 3.8) is 0 Å². The lowest BCUT2D eigenvalue weighted by atomic mass is 10.0. The Morgan fingerprint density at radius 1 is 0.694 bits per heavy atom. The summed E-state index contributed by atoms with van der Waals surface area (Å²) in [5.74, 6) is -3.76. The monoisotopic (exact) mass is 526 g/mol. The third kappa shape index (κ3) is 7.06. The van der Waals surface area contributed by atoms with Crippen LogP contribution in [-0.2, 0) is 6.67 Å². The maximum Gasteiger partial charge on any atom is 0.573 e. The molecule has 0 saturated heterocycles. The smallest absolute Gasteiger partial charge is 0.496 e. The predicted octanol–water partition coefficient (Wildman–Crippen LogP) is 7.11. The summed E-state index contributed by atoms with van der Waals surface area (Å²) in [5.41, 5.74) is -0.0623. The Labute approximate surface area is 199 Å². The predicted molar refractivity (Wildman–Crippen MR) is 111 cm³/mol. The van der Waals surface area contributed by atoms with Crippen LogP contribution in [0, 0.1) is 17.5 Å². The molecular formula is C23H18F8O5. The van der Waals surface area contributed by atoms with Gasteiger partial charge in [0.1, 0.15) is 35.6 Å². The minimum absolute atomic E-state index is 0.184. The second kappa shape index (κ2) is 12.2. The van der Waals surface area contributed by atoms with Crippen molar-refractivity contribution in [1.29, 1.82) is 0 Å². The number of ether oxygens (including phenoxy) is 4. The van der Waals surface area contributed by atoms with Crippen LogP contribution in [0.1, 0.15) is 5.56 Å². The average molecular weight is 526 g/mol. The molecule has 3 aromatic carbocycles. The molecule has 0 aliphatic heterocycles. The Morgan fingerprint density at radius 3 is 1.64 bits per heavy atom. The summed E-state index contributed by atoms with van der Waals surface area (Å²) in [6.45, 7) is -1.21. The van der Waals surface area contributed by atoms with E-state index in [1.165, 1.54) is 21.3 Å². The first-order valence-electron chi connectivity index (χ1n) is 9.66. The molecule has 0 amide bonds. The number of hydrogen-bond acceptors (Lipinski definition) is 5. The van der Waals surface area contributed by atoms with Crippen molar-refractivity contribution in [1.82, 2.24) is 0 Å². The van der Waals surface area contributed by atoms with Crippen LogP contribution in [0.4, 0.5) is 35.3 Å². The molecule has 0 bridgehead atoms. The van der Waals surface area contributed by atoms with Crippen LogP contribution in [0.25, 0.3) is 11.1 Å². The van der Waals surface area contributed by atoms with Gasteiger partial charge in [0.15, 0.2) is 17.3 Å². The quantitative estimate of drug-likeness (QED) is 0.307. The molecule has 0 atom stereocenters. The van der Waals surface area contributed by atoms with E-state index in [0.717, 1.165) is 18.2 Å². The van der Waals surface area contributed by atoms with Gasteiger partial charge >= 0.3 is 6.36 Å². The highest BCUT2D eigenvalue weighted by Gasteiger charge is 2.32. The average Bonchev–Trinajstić information content (AvgIpc) is 2.83. The van der Waals surface area contributed by atoms with Crippen LogP contribution in [0.5, 0.6) is 28.7 Å². The summed E-state index contributed by atoms with van der Waals surface area (Å²) in [4.78, 5) is 3.10. The van der Waals surface area contributed by atoms with Crippen LogP contribution in [0.3, 0.4) is 0 Å². The van der Waals surface area contributed by atoms with Gasteiger partial charge in [0, 0.05) is 22.7 Å². The van der Waals surface area contributed by atoms with Gasteiger partial charge in [-0.15, -0.1) is 13.2 Å². The molecule has 0 saturated carbocycles. The van der Waals surface area contributed by atoms with E-state index in [2.05, 4.69) is 9.68 Å². The van der Waals surface area contributed by atoms with Gasteiger partial charge in [-0.25, -0.2) is 17.6 Å². The molecule has 0 heterocycles. The first-order valence-corrected chi connectivity index (χ1v) is 9.66. The van der Waals surface area contributed by atoms with Crippen molar-refractivity contribution in [2.75, 3.05) is 21.3 Å². The minimum atomic E-state index is -4.99. The summed E-state index contributed by atoms with van der Waals surface area (Å²) in [7, 11) is 4.31. The Balaban J connectivity index is 0.000000281. The van der Waals surface area contributed by atoms with E-state index in [-0.39, 0.29) is 5.56 Å². The van der Waals surface area contributed by atoms with Gasteiger partial charge in [0.25, 0.3) is 0 Å². The highest BCUT2D eigenvalue weighted by molar-refractivity contribution is 5.78. The second-order valence-corrected chi connectivity index (χ2v) is 6.68. The van der Waals surface area contributed by atoms with E-state index in [0.29, 0.717) is 34.9 Å². The molecule has 0 aliphatic carbocycles. The fraction of sp³-hybridized carbons (Fsp3) is 0.217. The number of alkyl halides is 4. The normalized spacial score (nSPS) is 10.8. The Kier molecular flexibility index (Phi) is 9.59. The Morgan fingerprint density at radius 2 is 1.25 bits per heavy atom. The van der Waals surface area contributed by atoms with Crippen molar-refractivity contribution in [3.8, 4) is 39.9 Å². The molecule has 196 valence electrons. The zero-order valence-corrected chi connectivity index (χ0v) is 18.8. The van der Waals surface area contributed by atoms with Gasteiger partial charge in [-0.1, -0.05) is 0 Å². The van der Waals surface area contributed by atoms with Crippen LogP contribution < -0.4 is 23.9 Å². The minimum Gasteiger partial charge on any atom is -0.496 e. The zero-order valence-electron chi connectivity index (χ0n) is 18.8. The molecule has 0 aromatic heterocycles. The van der Waals surface area contributed by atoms with Gasteiger partial charge in [0.2, 0.25) is 0 Å². The molecule has 0 fully saturated rings. The van der Waals surface area contributed by atoms with Crippen LogP contribution in [-0.4, -0.2) is 27.7 Å². The second-order valence-electron chi connectivity index (χ2n) is 6.68. The maximum absolute atomic E-state index is 13.8. The van der Waals surface area contributed by atoms with E-state index >= 15 is 0 Å². The molecule has 3 aromatic rings. The summed E-state index contributed by atoms with van der Waals surface area (Å²) < 4.78 is 118. The van der Waals surface area contributed by atoms with E-state index in [1.54, 1.807) is 12.1 Å². The van der Waals surface area contributed by atoms with Crippen molar-refractivity contribution in [3.05, 3.63) is 65.5 Å². The molecule has 0 aliphatic rings. The van der Waals surface area contributed by atoms with E-state index in [4.69, 9.17) is 14.2 Å². The highest BCUT2D eigenvalue weighted by atomic mass is 19.4. The Bertz CT molecular complexity index is 1140. The third-order valence-corrected chi connectivity index (χ3v) is 4.50. The number of rotatable bonds is 7.